The number of halogens is 4. The lowest BCUT2D eigenvalue weighted by Gasteiger charge is -2.36. The number of aromatic nitrogens is 2. The molecule has 0 spiro atoms. The van der Waals surface area contributed by atoms with Crippen LogP contribution in [0.15, 0.2) is 85.5 Å². The molecule has 2 aromatic carbocycles. The molecule has 1 fully saturated rings. The third-order valence-electron chi connectivity index (χ3n) is 7.82. The molecule has 0 aliphatic carbocycles. The van der Waals surface area contributed by atoms with E-state index in [0.29, 0.717) is 44.0 Å². The second kappa shape index (κ2) is 12.6. The monoisotopic (exact) mass is 613 g/mol. The van der Waals surface area contributed by atoms with Crippen LogP contribution in [-0.4, -0.2) is 40.2 Å². The van der Waals surface area contributed by atoms with Crippen molar-refractivity contribution in [3.8, 4) is 0 Å². The summed E-state index contributed by atoms with van der Waals surface area (Å²) in [4.78, 5) is 43.1. The first-order valence-electron chi connectivity index (χ1n) is 14.0. The Morgan fingerprint density at radius 1 is 0.864 bits per heavy atom. The summed E-state index contributed by atoms with van der Waals surface area (Å²) in [5.41, 5.74) is 3.37. The van der Waals surface area contributed by atoms with Crippen molar-refractivity contribution >= 4 is 5.69 Å². The summed E-state index contributed by atoms with van der Waals surface area (Å²) < 4.78 is 63.6. The van der Waals surface area contributed by atoms with E-state index in [4.69, 9.17) is 10.2 Å². The van der Waals surface area contributed by atoms with Crippen molar-refractivity contribution in [2.24, 2.45) is 5.73 Å². The van der Waals surface area contributed by atoms with Crippen LogP contribution in [-0.2, 0) is 25.8 Å². The van der Waals surface area contributed by atoms with Crippen LogP contribution in [0.1, 0.15) is 34.2 Å². The molecule has 1 saturated heterocycles. The molecule has 1 aliphatic heterocycles. The maximum atomic E-state index is 14.9. The van der Waals surface area contributed by atoms with Crippen molar-refractivity contribution in [3.63, 3.8) is 0 Å². The number of hydrogen-bond donors (Lipinski definition) is 1. The fraction of sp³-hybridized carbons (Fsp3) is 0.323. The molecule has 9 nitrogen and oxygen atoms in total. The minimum absolute atomic E-state index is 0.114. The molecule has 0 radical (unpaired) electrons. The molecule has 0 saturated carbocycles. The highest BCUT2D eigenvalue weighted by Gasteiger charge is 2.35. The van der Waals surface area contributed by atoms with Gasteiger partial charge in [-0.25, -0.2) is 14.0 Å². The van der Waals surface area contributed by atoms with Gasteiger partial charge >= 0.3 is 17.5 Å². The van der Waals surface area contributed by atoms with Gasteiger partial charge in [-0.05, 0) is 30.7 Å². The molecule has 13 heteroatoms. The molecular formula is C31H31F4N5O4. The van der Waals surface area contributed by atoms with Crippen molar-refractivity contribution in [1.82, 2.24) is 14.0 Å². The molecule has 1 atom stereocenters. The molecule has 4 aromatic rings. The van der Waals surface area contributed by atoms with Gasteiger partial charge in [0.05, 0.1) is 25.2 Å². The predicted octanol–water partition coefficient (Wildman–Crippen LogP) is 3.50. The maximum absolute atomic E-state index is 14.9. The summed E-state index contributed by atoms with van der Waals surface area (Å²) in [6, 6.07) is 15.2. The van der Waals surface area contributed by atoms with Crippen molar-refractivity contribution in [3.05, 3.63) is 132 Å². The van der Waals surface area contributed by atoms with Crippen LogP contribution in [0.3, 0.4) is 0 Å². The number of benzene rings is 2. The normalized spacial score (nSPS) is 15.0. The van der Waals surface area contributed by atoms with Gasteiger partial charge in [-0.3, -0.25) is 18.8 Å². The van der Waals surface area contributed by atoms with E-state index < -0.39 is 52.6 Å². The van der Waals surface area contributed by atoms with Gasteiger partial charge in [0, 0.05) is 49.5 Å². The third kappa shape index (κ3) is 6.53. The molecule has 3 heterocycles. The first-order valence-corrected chi connectivity index (χ1v) is 14.0. The highest BCUT2D eigenvalue weighted by Crippen LogP contribution is 2.33. The summed E-state index contributed by atoms with van der Waals surface area (Å²) in [5.74, 6) is -0.633. The quantitative estimate of drug-likeness (QED) is 0.303. The van der Waals surface area contributed by atoms with Gasteiger partial charge in [0.1, 0.15) is 17.3 Å². The van der Waals surface area contributed by atoms with E-state index in [1.165, 1.54) is 13.0 Å². The van der Waals surface area contributed by atoms with Gasteiger partial charge in [-0.15, -0.1) is 0 Å². The summed E-state index contributed by atoms with van der Waals surface area (Å²) in [7, 11) is 0. The lowest BCUT2D eigenvalue weighted by molar-refractivity contribution is -0.138. The topological polar surface area (TPSA) is 107 Å². The first kappa shape index (κ1) is 31.0. The molecule has 2 aromatic heterocycles. The lowest BCUT2D eigenvalue weighted by atomic mass is 10.1. The second-order valence-corrected chi connectivity index (χ2v) is 10.7. The van der Waals surface area contributed by atoms with E-state index in [1.54, 1.807) is 47.4 Å². The lowest BCUT2D eigenvalue weighted by Crippen LogP contribution is -2.51. The maximum Gasteiger partial charge on any atom is 0.416 e. The third-order valence-corrected chi connectivity index (χ3v) is 7.82. The van der Waals surface area contributed by atoms with E-state index in [1.807, 2.05) is 4.90 Å². The van der Waals surface area contributed by atoms with Crippen LogP contribution < -0.4 is 27.5 Å². The minimum atomic E-state index is -4.86. The SMILES string of the molecule is Cc1c(N2CCN(Cc3cccc(=O)o3)CC2)c(=O)n(C[C@@H](N)c2ccccc2)c(=O)n1Cc1c(F)cccc1C(F)(F)F. The summed E-state index contributed by atoms with van der Waals surface area (Å²) >= 11 is 0. The number of anilines is 1. The molecule has 44 heavy (non-hydrogen) atoms. The van der Waals surface area contributed by atoms with Crippen molar-refractivity contribution in [2.75, 3.05) is 31.1 Å². The average Bonchev–Trinajstić information content (AvgIpc) is 2.99. The van der Waals surface area contributed by atoms with Crippen LogP contribution in [0.4, 0.5) is 23.2 Å². The Morgan fingerprint density at radius 2 is 1.55 bits per heavy atom. The van der Waals surface area contributed by atoms with E-state index in [-0.39, 0.29) is 17.9 Å². The molecule has 0 unspecified atom stereocenters. The number of alkyl halides is 3. The van der Waals surface area contributed by atoms with Gasteiger partial charge < -0.3 is 15.1 Å². The Kier molecular flexibility index (Phi) is 8.88. The van der Waals surface area contributed by atoms with Gasteiger partial charge in [-0.1, -0.05) is 42.5 Å². The molecule has 0 amide bonds. The standard InChI is InChI=1S/C31H31F4N5O4/c1-20-28(38-15-13-37(14-16-38)17-22-9-5-12-27(41)44-22)29(42)40(19-26(36)21-7-3-2-4-8-21)30(43)39(20)18-23-24(31(33,34)35)10-6-11-25(23)32/h2-12,26H,13-19,36H2,1H3/t26-/m1/s1. The van der Waals surface area contributed by atoms with E-state index in [9.17, 15) is 31.9 Å². The van der Waals surface area contributed by atoms with Crippen LogP contribution in [0.25, 0.3) is 0 Å². The fourth-order valence-corrected chi connectivity index (χ4v) is 5.51. The Balaban J connectivity index is 1.54. The Hall–Kier alpha value is -4.49. The van der Waals surface area contributed by atoms with Crippen molar-refractivity contribution in [1.29, 1.82) is 0 Å². The summed E-state index contributed by atoms with van der Waals surface area (Å²) in [6.45, 7) is 2.45. The van der Waals surface area contributed by atoms with Gasteiger partial charge in [0.15, 0.2) is 0 Å². The van der Waals surface area contributed by atoms with Gasteiger partial charge in [0.2, 0.25) is 0 Å². The molecular weight excluding hydrogens is 582 g/mol. The smallest absolute Gasteiger partial charge is 0.416 e. The Bertz CT molecular complexity index is 1810. The summed E-state index contributed by atoms with van der Waals surface area (Å²) in [6.07, 6.45) is -4.86. The van der Waals surface area contributed by atoms with E-state index in [2.05, 4.69) is 0 Å². The number of hydrogen-bond acceptors (Lipinski definition) is 7. The average molecular weight is 614 g/mol. The first-order chi connectivity index (χ1) is 20.9. The zero-order chi connectivity index (χ0) is 31.6. The fourth-order valence-electron chi connectivity index (χ4n) is 5.51. The molecule has 1 aliphatic rings. The molecule has 2 N–H and O–H groups in total. The van der Waals surface area contributed by atoms with Gasteiger partial charge in [-0.2, -0.15) is 13.2 Å². The second-order valence-electron chi connectivity index (χ2n) is 10.7. The number of nitrogens with zero attached hydrogens (tertiary/aromatic N) is 4. The minimum Gasteiger partial charge on any atom is -0.427 e. The molecule has 5 rings (SSSR count). The van der Waals surface area contributed by atoms with Crippen LogP contribution in [0, 0.1) is 12.7 Å². The number of nitrogens with two attached hydrogens (primary N) is 1. The van der Waals surface area contributed by atoms with Gasteiger partial charge in [0.25, 0.3) is 5.56 Å². The highest BCUT2D eigenvalue weighted by molar-refractivity contribution is 5.50. The van der Waals surface area contributed by atoms with Crippen LogP contribution >= 0.6 is 0 Å². The van der Waals surface area contributed by atoms with Crippen LogP contribution in [0.5, 0.6) is 0 Å². The Labute approximate surface area is 249 Å². The van der Waals surface area contributed by atoms with Crippen LogP contribution in [0.2, 0.25) is 0 Å². The van der Waals surface area contributed by atoms with E-state index in [0.717, 1.165) is 27.3 Å². The molecule has 232 valence electrons. The number of rotatable bonds is 8. The van der Waals surface area contributed by atoms with Crippen molar-refractivity contribution < 1.29 is 22.0 Å². The van der Waals surface area contributed by atoms with E-state index >= 15 is 0 Å². The highest BCUT2D eigenvalue weighted by atomic mass is 19.4. The summed E-state index contributed by atoms with van der Waals surface area (Å²) in [5, 5.41) is 0. The zero-order valence-corrected chi connectivity index (χ0v) is 23.9. The Morgan fingerprint density at radius 3 is 2.20 bits per heavy atom. The largest absolute Gasteiger partial charge is 0.427 e. The predicted molar refractivity (Wildman–Crippen MR) is 156 cm³/mol. The van der Waals surface area contributed by atoms with Crippen molar-refractivity contribution in [2.45, 2.75) is 38.8 Å². The number of piperazine rings is 1. The zero-order valence-electron chi connectivity index (χ0n) is 23.9. The molecule has 0 bridgehead atoms.